The molecule has 1 aromatic carbocycles. The van der Waals surface area contributed by atoms with Gasteiger partial charge in [0.25, 0.3) is 0 Å². The average molecular weight is 377 g/mol. The molecule has 1 N–H and O–H groups in total. The largest absolute Gasteiger partial charge is 0.419 e. The van der Waals surface area contributed by atoms with E-state index in [1.807, 2.05) is 31.2 Å². The lowest BCUT2D eigenvalue weighted by atomic mass is 9.98. The van der Waals surface area contributed by atoms with Gasteiger partial charge in [0.05, 0.1) is 6.54 Å². The number of aromatic nitrogens is 2. The van der Waals surface area contributed by atoms with Crippen molar-refractivity contribution in [3.05, 3.63) is 35.2 Å². The number of benzene rings is 1. The predicted molar refractivity (Wildman–Crippen MR) is 101 cm³/mol. The van der Waals surface area contributed by atoms with Gasteiger partial charge >= 0.3 is 0 Å². The minimum absolute atomic E-state index is 0.147. The smallest absolute Gasteiger partial charge is 0.247 e. The van der Waals surface area contributed by atoms with Crippen LogP contribution in [0.5, 0.6) is 0 Å². The molecule has 140 valence electrons. The fourth-order valence-electron chi connectivity index (χ4n) is 3.25. The maximum Gasteiger partial charge on any atom is 0.247 e. The number of halogens is 1. The zero-order valence-corrected chi connectivity index (χ0v) is 15.8. The summed E-state index contributed by atoms with van der Waals surface area (Å²) in [5, 5.41) is 12.0. The highest BCUT2D eigenvalue weighted by atomic mass is 35.5. The molecular weight excluding hydrogens is 352 g/mol. The van der Waals surface area contributed by atoms with Crippen LogP contribution in [0.2, 0.25) is 5.02 Å². The molecule has 0 radical (unpaired) electrons. The third-order valence-corrected chi connectivity index (χ3v) is 4.84. The highest BCUT2D eigenvalue weighted by Gasteiger charge is 2.22. The first kappa shape index (κ1) is 18.9. The quantitative estimate of drug-likeness (QED) is 0.800. The summed E-state index contributed by atoms with van der Waals surface area (Å²) in [6, 6.07) is 7.36. The third-order valence-electron chi connectivity index (χ3n) is 4.58. The lowest BCUT2D eigenvalue weighted by Gasteiger charge is -2.31. The summed E-state index contributed by atoms with van der Waals surface area (Å²) in [5.74, 6) is 1.75. The van der Waals surface area contributed by atoms with Gasteiger partial charge in [0.1, 0.15) is 0 Å². The molecule has 1 saturated heterocycles. The van der Waals surface area contributed by atoms with Gasteiger partial charge in [-0.15, -0.1) is 10.2 Å². The van der Waals surface area contributed by atoms with Crippen LogP contribution in [0, 0.1) is 5.92 Å². The van der Waals surface area contributed by atoms with Crippen molar-refractivity contribution < 1.29 is 9.21 Å². The lowest BCUT2D eigenvalue weighted by Crippen LogP contribution is -2.40. The molecule has 2 aromatic rings. The van der Waals surface area contributed by atoms with Crippen molar-refractivity contribution in [3.63, 3.8) is 0 Å². The molecule has 0 bridgehead atoms. The molecule has 1 fully saturated rings. The van der Waals surface area contributed by atoms with Gasteiger partial charge in [0.2, 0.25) is 17.7 Å². The van der Waals surface area contributed by atoms with E-state index in [2.05, 4.69) is 20.4 Å². The molecule has 7 heteroatoms. The predicted octanol–water partition coefficient (Wildman–Crippen LogP) is 3.52. The van der Waals surface area contributed by atoms with Gasteiger partial charge in [-0.25, -0.2) is 0 Å². The molecule has 0 spiro atoms. The molecular formula is C19H25ClN4O2. The summed E-state index contributed by atoms with van der Waals surface area (Å²) in [6.45, 7) is 5.35. The second kappa shape index (κ2) is 9.14. The van der Waals surface area contributed by atoms with E-state index in [0.717, 1.165) is 44.5 Å². The van der Waals surface area contributed by atoms with E-state index >= 15 is 0 Å². The number of nitrogens with zero attached hydrogens (tertiary/aromatic N) is 3. The van der Waals surface area contributed by atoms with Gasteiger partial charge in [-0.2, -0.15) is 0 Å². The van der Waals surface area contributed by atoms with Gasteiger partial charge in [0.15, 0.2) is 0 Å². The van der Waals surface area contributed by atoms with Crippen LogP contribution in [0.1, 0.15) is 38.5 Å². The van der Waals surface area contributed by atoms with E-state index in [0.29, 0.717) is 35.7 Å². The summed E-state index contributed by atoms with van der Waals surface area (Å²) in [6.07, 6.45) is 3.75. The highest BCUT2D eigenvalue weighted by Crippen LogP contribution is 2.22. The van der Waals surface area contributed by atoms with Gasteiger partial charge in [0, 0.05) is 30.1 Å². The molecule has 6 nitrogen and oxygen atoms in total. The van der Waals surface area contributed by atoms with Crippen molar-refractivity contribution in [2.45, 2.75) is 39.2 Å². The molecule has 0 aliphatic carbocycles. The van der Waals surface area contributed by atoms with Crippen molar-refractivity contribution in [1.29, 1.82) is 0 Å². The number of piperidine rings is 1. The Labute approximate surface area is 158 Å². The van der Waals surface area contributed by atoms with Crippen LogP contribution < -0.4 is 5.32 Å². The van der Waals surface area contributed by atoms with E-state index in [4.69, 9.17) is 16.0 Å². The Morgan fingerprint density at radius 3 is 2.92 bits per heavy atom. The van der Waals surface area contributed by atoms with Crippen LogP contribution in [-0.2, 0) is 11.3 Å². The van der Waals surface area contributed by atoms with Crippen molar-refractivity contribution in [3.8, 4) is 11.5 Å². The second-order valence-corrected chi connectivity index (χ2v) is 7.24. The van der Waals surface area contributed by atoms with Crippen molar-refractivity contribution in [1.82, 2.24) is 20.4 Å². The number of carbonyl (C=O) groups excluding carboxylic acids is 1. The fraction of sp³-hybridized carbons (Fsp3) is 0.526. The summed E-state index contributed by atoms with van der Waals surface area (Å²) in [7, 11) is 0. The van der Waals surface area contributed by atoms with Crippen molar-refractivity contribution in [2.75, 3.05) is 19.6 Å². The normalized spacial score (nSPS) is 18.0. The van der Waals surface area contributed by atoms with Gasteiger partial charge in [-0.05, 0) is 56.0 Å². The van der Waals surface area contributed by atoms with Gasteiger partial charge in [-0.3, -0.25) is 9.69 Å². The summed E-state index contributed by atoms with van der Waals surface area (Å²) in [4.78, 5) is 14.0. The monoisotopic (exact) mass is 376 g/mol. The first-order valence-corrected chi connectivity index (χ1v) is 9.59. The Morgan fingerprint density at radius 2 is 2.15 bits per heavy atom. The molecule has 2 heterocycles. The molecule has 3 rings (SSSR count). The number of hydrogen-bond donors (Lipinski definition) is 1. The van der Waals surface area contributed by atoms with Crippen molar-refractivity contribution >= 4 is 17.5 Å². The first-order chi connectivity index (χ1) is 12.6. The maximum atomic E-state index is 11.7. The SMILES string of the molecule is CCCC(=O)NCC1CCCN(Cc2nnc(-c3ccc(Cl)cc3)o2)C1. The number of likely N-dealkylation sites (tertiary alicyclic amines) is 1. The van der Waals surface area contributed by atoms with Crippen LogP contribution >= 0.6 is 11.6 Å². The number of amides is 1. The van der Waals surface area contributed by atoms with E-state index in [1.54, 1.807) is 0 Å². The molecule has 1 aromatic heterocycles. The number of nitrogens with one attached hydrogen (secondary N) is 1. The number of hydrogen-bond acceptors (Lipinski definition) is 5. The van der Waals surface area contributed by atoms with E-state index in [-0.39, 0.29) is 5.91 Å². The fourth-order valence-corrected chi connectivity index (χ4v) is 3.38. The molecule has 1 aliphatic heterocycles. The van der Waals surface area contributed by atoms with Gasteiger partial charge < -0.3 is 9.73 Å². The van der Waals surface area contributed by atoms with Crippen LogP contribution in [0.4, 0.5) is 0 Å². The van der Waals surface area contributed by atoms with E-state index in [1.165, 1.54) is 0 Å². The Morgan fingerprint density at radius 1 is 1.35 bits per heavy atom. The molecule has 1 atom stereocenters. The van der Waals surface area contributed by atoms with E-state index < -0.39 is 0 Å². The van der Waals surface area contributed by atoms with Crippen LogP contribution in [0.15, 0.2) is 28.7 Å². The molecule has 1 aliphatic rings. The number of rotatable bonds is 7. The Balaban J connectivity index is 1.52. The minimum atomic E-state index is 0.147. The minimum Gasteiger partial charge on any atom is -0.419 e. The molecule has 26 heavy (non-hydrogen) atoms. The summed E-state index contributed by atoms with van der Waals surface area (Å²) in [5.41, 5.74) is 0.864. The zero-order chi connectivity index (χ0) is 18.4. The lowest BCUT2D eigenvalue weighted by molar-refractivity contribution is -0.121. The second-order valence-electron chi connectivity index (χ2n) is 6.81. The maximum absolute atomic E-state index is 11.7. The topological polar surface area (TPSA) is 71.3 Å². The third kappa shape index (κ3) is 5.29. The van der Waals surface area contributed by atoms with Crippen LogP contribution in [0.25, 0.3) is 11.5 Å². The molecule has 1 amide bonds. The molecule has 1 unspecified atom stereocenters. The summed E-state index contributed by atoms with van der Waals surface area (Å²) >= 11 is 5.91. The highest BCUT2D eigenvalue weighted by molar-refractivity contribution is 6.30. The zero-order valence-electron chi connectivity index (χ0n) is 15.1. The van der Waals surface area contributed by atoms with Crippen molar-refractivity contribution in [2.24, 2.45) is 5.92 Å². The average Bonchev–Trinajstić information content (AvgIpc) is 3.10. The summed E-state index contributed by atoms with van der Waals surface area (Å²) < 4.78 is 5.80. The number of carbonyl (C=O) groups is 1. The Bertz CT molecular complexity index is 717. The standard InChI is InChI=1S/C19H25ClN4O2/c1-2-4-17(25)21-11-14-5-3-10-24(12-14)13-18-22-23-19(26-18)15-6-8-16(20)9-7-15/h6-9,14H,2-5,10-13H2,1H3,(H,21,25). The Hall–Kier alpha value is -1.92. The Kier molecular flexibility index (Phi) is 6.63. The van der Waals surface area contributed by atoms with Crippen LogP contribution in [-0.4, -0.2) is 40.6 Å². The van der Waals surface area contributed by atoms with E-state index in [9.17, 15) is 4.79 Å². The van der Waals surface area contributed by atoms with Gasteiger partial charge in [-0.1, -0.05) is 18.5 Å². The van der Waals surface area contributed by atoms with Crippen LogP contribution in [0.3, 0.4) is 0 Å². The molecule has 0 saturated carbocycles. The first-order valence-electron chi connectivity index (χ1n) is 9.21.